The topological polar surface area (TPSA) is 57.4 Å². The number of hydrogen-bond donors (Lipinski definition) is 2. The second-order valence-electron chi connectivity index (χ2n) is 5.91. The Kier molecular flexibility index (Phi) is 4.90. The van der Waals surface area contributed by atoms with Crippen LogP contribution in [0.3, 0.4) is 0 Å². The molecule has 2 aliphatic heterocycles. The van der Waals surface area contributed by atoms with Crippen molar-refractivity contribution in [3.05, 3.63) is 71.3 Å². The molecule has 0 aliphatic carbocycles. The third-order valence-electron chi connectivity index (χ3n) is 4.04. The molecule has 0 saturated heterocycles. The van der Waals surface area contributed by atoms with Crippen molar-refractivity contribution in [3.63, 3.8) is 0 Å². The number of aromatic nitrogens is 4. The van der Waals surface area contributed by atoms with Crippen LogP contribution in [0.4, 0.5) is 0 Å². The molecule has 0 fully saturated rings. The molecular formula is C20H14CoFeN4. The minimum absolute atomic E-state index is 0.939. The molecule has 3 aromatic heterocycles. The molecule has 8 bridgehead atoms. The number of H-pyrrole nitrogens is 2. The van der Waals surface area contributed by atoms with Crippen LogP contribution >= 0.6 is 0 Å². The van der Waals surface area contributed by atoms with E-state index in [1.165, 1.54) is 0 Å². The second kappa shape index (κ2) is 7.47. The van der Waals surface area contributed by atoms with Crippen LogP contribution in [0.2, 0.25) is 0 Å². The average Bonchev–Trinajstić information content (AvgIpc) is 3.42. The van der Waals surface area contributed by atoms with Gasteiger partial charge in [0.05, 0.1) is 22.8 Å². The van der Waals surface area contributed by atoms with Gasteiger partial charge in [-0.1, -0.05) is 0 Å². The first kappa shape index (κ1) is 17.1. The maximum absolute atomic E-state index is 4.63. The summed E-state index contributed by atoms with van der Waals surface area (Å²) in [6, 6.07) is 16.4. The van der Waals surface area contributed by atoms with Gasteiger partial charge in [0, 0.05) is 22.1 Å². The predicted molar refractivity (Wildman–Crippen MR) is 98.9 cm³/mol. The first-order valence-corrected chi connectivity index (χ1v) is 9.85. The van der Waals surface area contributed by atoms with Crippen molar-refractivity contribution in [2.24, 2.45) is 0 Å². The number of nitrogens with zero attached hydrogens (tertiary/aromatic N) is 2. The van der Waals surface area contributed by atoms with Crippen molar-refractivity contribution < 1.29 is 28.2 Å². The van der Waals surface area contributed by atoms with Gasteiger partial charge in [0.2, 0.25) is 0 Å². The summed E-state index contributed by atoms with van der Waals surface area (Å²) in [4.78, 5) is 16.0. The van der Waals surface area contributed by atoms with Crippen molar-refractivity contribution in [1.82, 2.24) is 19.9 Å². The first-order valence-electron chi connectivity index (χ1n) is 7.96. The number of rotatable bonds is 0. The molecule has 2 N–H and O–H groups in total. The summed E-state index contributed by atoms with van der Waals surface area (Å²) in [6.07, 6.45) is 8.09. The molecule has 131 valence electrons. The Morgan fingerprint density at radius 2 is 0.808 bits per heavy atom. The number of nitrogens with one attached hydrogen (secondary N) is 2. The fraction of sp³-hybridized carbons (Fsp3) is 0. The monoisotopic (exact) mass is 425 g/mol. The van der Waals surface area contributed by atoms with E-state index in [1.807, 2.05) is 48.6 Å². The molecule has 0 spiro atoms. The molecule has 26 heavy (non-hydrogen) atoms. The molecule has 0 saturated carbocycles. The van der Waals surface area contributed by atoms with Gasteiger partial charge < -0.3 is 9.97 Å². The molecular weight excluding hydrogens is 411 g/mol. The van der Waals surface area contributed by atoms with Gasteiger partial charge in [0.1, 0.15) is 0 Å². The molecule has 4 nitrogen and oxygen atoms in total. The van der Waals surface area contributed by atoms with Gasteiger partial charge in [-0.25, -0.2) is 9.97 Å². The minimum atomic E-state index is 0.939. The van der Waals surface area contributed by atoms with Crippen LogP contribution in [-0.2, 0) is 28.2 Å². The Hall–Kier alpha value is -2.37. The SMILES string of the molecule is C1=Cc2cc3ccc(cc4nc(cc5ccc(cc1n2)[nH]5)C=C4)[nH]3.[Fe][Co]. The third-order valence-corrected chi connectivity index (χ3v) is 4.04. The first-order chi connectivity index (χ1) is 12.8. The van der Waals surface area contributed by atoms with E-state index >= 15 is 0 Å². The molecule has 6 heteroatoms. The summed E-state index contributed by atoms with van der Waals surface area (Å²) in [5.74, 6) is 0. The van der Waals surface area contributed by atoms with E-state index in [4.69, 9.17) is 0 Å². The molecule has 3 aromatic rings. The molecule has 5 rings (SSSR count). The van der Waals surface area contributed by atoms with Gasteiger partial charge in [-0.15, -0.1) is 0 Å². The van der Waals surface area contributed by atoms with E-state index in [0.29, 0.717) is 0 Å². The number of fused-ring (bicyclic) bond motifs is 8. The third kappa shape index (κ3) is 3.74. The van der Waals surface area contributed by atoms with E-state index in [9.17, 15) is 0 Å². The van der Waals surface area contributed by atoms with E-state index in [1.54, 1.807) is 0 Å². The molecule has 0 aromatic carbocycles. The van der Waals surface area contributed by atoms with Crippen LogP contribution in [-0.4, -0.2) is 19.9 Å². The van der Waals surface area contributed by atoms with Crippen LogP contribution < -0.4 is 0 Å². The number of hydrogen-bond acceptors (Lipinski definition) is 2. The normalized spacial score (nSPS) is 12.0. The van der Waals surface area contributed by atoms with Crippen LogP contribution in [0.1, 0.15) is 22.8 Å². The Morgan fingerprint density at radius 1 is 0.538 bits per heavy atom. The van der Waals surface area contributed by atoms with E-state index in [-0.39, 0.29) is 0 Å². The molecule has 2 aliphatic rings. The average molecular weight is 425 g/mol. The summed E-state index contributed by atoms with van der Waals surface area (Å²) in [5.41, 5.74) is 7.86. The molecule has 0 amide bonds. The Bertz CT molecular complexity index is 996. The van der Waals surface area contributed by atoms with Crippen LogP contribution in [0, 0.1) is 0 Å². The summed E-state index contributed by atoms with van der Waals surface area (Å²) in [7, 11) is 0. The van der Waals surface area contributed by atoms with E-state index in [2.05, 4.69) is 72.4 Å². The van der Waals surface area contributed by atoms with Crippen molar-refractivity contribution in [3.8, 4) is 0 Å². The Morgan fingerprint density at radius 3 is 1.08 bits per heavy atom. The van der Waals surface area contributed by atoms with Gasteiger partial charge in [0.15, 0.2) is 0 Å². The van der Waals surface area contributed by atoms with Crippen molar-refractivity contribution >= 4 is 46.4 Å². The van der Waals surface area contributed by atoms with Gasteiger partial charge in [-0.05, 0) is 72.8 Å². The summed E-state index contributed by atoms with van der Waals surface area (Å²) in [6.45, 7) is 0. The molecule has 0 radical (unpaired) electrons. The Labute approximate surface area is 165 Å². The Balaban J connectivity index is 0.000000814. The van der Waals surface area contributed by atoms with Crippen LogP contribution in [0.15, 0.2) is 48.5 Å². The predicted octanol–water partition coefficient (Wildman–Crippen LogP) is 4.65. The molecule has 5 heterocycles. The standard InChI is InChI=1S/C20H14N4.Co.Fe/c1-2-14-10-16-5-6-18(23-16)12-20-8-7-19(24-20)11-17-4-3-15(22-17)9-13(1)21-14;;/h1-12,21,24H;;. The van der Waals surface area contributed by atoms with Gasteiger partial charge >= 0.3 is 28.2 Å². The van der Waals surface area contributed by atoms with Crippen LogP contribution in [0.25, 0.3) is 46.4 Å². The molecule has 0 unspecified atom stereocenters. The van der Waals surface area contributed by atoms with E-state index in [0.717, 1.165) is 44.8 Å². The summed E-state index contributed by atoms with van der Waals surface area (Å²) >= 11 is 6.25. The van der Waals surface area contributed by atoms with Crippen LogP contribution in [0.5, 0.6) is 0 Å². The zero-order valence-corrected chi connectivity index (χ0v) is 15.7. The summed E-state index contributed by atoms with van der Waals surface area (Å²) in [5, 5.41) is 0. The van der Waals surface area contributed by atoms with Crippen molar-refractivity contribution in [2.45, 2.75) is 0 Å². The molecule has 0 atom stereocenters. The van der Waals surface area contributed by atoms with Crippen molar-refractivity contribution in [1.29, 1.82) is 0 Å². The van der Waals surface area contributed by atoms with Gasteiger partial charge in [-0.2, -0.15) is 0 Å². The second-order valence-corrected chi connectivity index (χ2v) is 5.91. The van der Waals surface area contributed by atoms with Crippen molar-refractivity contribution in [2.75, 3.05) is 0 Å². The van der Waals surface area contributed by atoms with Gasteiger partial charge in [0.25, 0.3) is 0 Å². The zero-order chi connectivity index (χ0) is 17.9. The summed E-state index contributed by atoms with van der Waals surface area (Å²) < 4.78 is 0. The fourth-order valence-electron chi connectivity index (χ4n) is 2.94. The maximum atomic E-state index is 4.63. The quantitative estimate of drug-likeness (QED) is 0.355. The van der Waals surface area contributed by atoms with Gasteiger partial charge in [-0.3, -0.25) is 0 Å². The zero-order valence-electron chi connectivity index (χ0n) is 13.5. The van der Waals surface area contributed by atoms with E-state index < -0.39 is 0 Å². The fourth-order valence-corrected chi connectivity index (χ4v) is 2.94. The number of aromatic amines is 2.